The van der Waals surface area contributed by atoms with E-state index in [0.29, 0.717) is 0 Å². The van der Waals surface area contributed by atoms with Gasteiger partial charge in [-0.1, -0.05) is 0 Å². The molecule has 74 valence electrons. The molecule has 0 aromatic heterocycles. The molecule has 1 N–H and O–H groups in total. The molecule has 1 atom stereocenters. The summed E-state index contributed by atoms with van der Waals surface area (Å²) in [5, 5.41) is 1.71. The normalized spacial score (nSPS) is 16.2. The average Bonchev–Trinajstić information content (AvgIpc) is 1.87. The number of hydrogen-bond acceptors (Lipinski definition) is 2. The van der Waals surface area contributed by atoms with E-state index in [9.17, 15) is 22.0 Å². The number of hydrogen-bond donors (Lipinski definition) is 1. The van der Waals surface area contributed by atoms with E-state index in [0.717, 1.165) is 14.2 Å². The third kappa shape index (κ3) is 2.04. The van der Waals surface area contributed by atoms with E-state index >= 15 is 0 Å². The van der Waals surface area contributed by atoms with Gasteiger partial charge in [-0.3, -0.25) is 5.32 Å². The number of ether oxygens (including phenoxy) is 1. The molecule has 7 heteroatoms. The summed E-state index contributed by atoms with van der Waals surface area (Å²) in [6, 6.07) is 0. The minimum atomic E-state index is -5.60. The summed E-state index contributed by atoms with van der Waals surface area (Å²) in [4.78, 5) is 0. The van der Waals surface area contributed by atoms with Crippen LogP contribution in [0.3, 0.4) is 0 Å². The van der Waals surface area contributed by atoms with Gasteiger partial charge >= 0.3 is 12.1 Å². The van der Waals surface area contributed by atoms with Crippen LogP contribution in [0, 0.1) is 0 Å². The second-order valence-electron chi connectivity index (χ2n) is 2.03. The van der Waals surface area contributed by atoms with Crippen molar-refractivity contribution in [3.05, 3.63) is 0 Å². The van der Waals surface area contributed by atoms with E-state index in [2.05, 4.69) is 4.74 Å². The minimum absolute atomic E-state index is 0.765. The summed E-state index contributed by atoms with van der Waals surface area (Å²) in [5.41, 5.74) is 0. The molecule has 0 fully saturated rings. The Balaban J connectivity index is 4.57. The van der Waals surface area contributed by atoms with Gasteiger partial charge in [-0.25, -0.2) is 0 Å². The van der Waals surface area contributed by atoms with E-state index in [1.54, 1.807) is 5.32 Å². The van der Waals surface area contributed by atoms with Crippen molar-refractivity contribution in [1.29, 1.82) is 0 Å². The summed E-state index contributed by atoms with van der Waals surface area (Å²) in [6.07, 6.45) is -7.95. The van der Waals surface area contributed by atoms with E-state index < -0.39 is 18.3 Å². The average molecular weight is 193 g/mol. The van der Waals surface area contributed by atoms with Crippen LogP contribution in [0.2, 0.25) is 0 Å². The van der Waals surface area contributed by atoms with Crippen LogP contribution in [0.1, 0.15) is 0 Å². The van der Waals surface area contributed by atoms with Crippen molar-refractivity contribution in [2.45, 2.75) is 18.3 Å². The molecule has 0 saturated carbocycles. The zero-order chi connectivity index (χ0) is 9.99. The van der Waals surface area contributed by atoms with Crippen molar-refractivity contribution in [1.82, 2.24) is 5.32 Å². The van der Waals surface area contributed by atoms with Gasteiger partial charge in [0.2, 0.25) is 0 Å². The molecule has 0 aliphatic rings. The van der Waals surface area contributed by atoms with Crippen molar-refractivity contribution in [3.63, 3.8) is 0 Å². The second kappa shape index (κ2) is 3.53. The van der Waals surface area contributed by atoms with Crippen LogP contribution in [0.5, 0.6) is 0 Å². The molecule has 0 heterocycles. The van der Waals surface area contributed by atoms with Gasteiger partial charge in [-0.2, -0.15) is 22.0 Å². The van der Waals surface area contributed by atoms with E-state index in [4.69, 9.17) is 0 Å². The summed E-state index contributed by atoms with van der Waals surface area (Å²) in [6.45, 7) is 0. The minimum Gasteiger partial charge on any atom is -0.360 e. The largest absolute Gasteiger partial charge is 0.457 e. The highest BCUT2D eigenvalue weighted by molar-refractivity contribution is 4.82. The van der Waals surface area contributed by atoms with Gasteiger partial charge in [-0.15, -0.1) is 0 Å². The Kier molecular flexibility index (Phi) is 3.40. The Bertz CT molecular complexity index is 141. The number of rotatable bonds is 3. The number of nitrogens with one attached hydrogen (secondary N) is 1. The van der Waals surface area contributed by atoms with Crippen LogP contribution >= 0.6 is 0 Å². The highest BCUT2D eigenvalue weighted by atomic mass is 19.4. The molecule has 0 aliphatic carbocycles. The van der Waals surface area contributed by atoms with Gasteiger partial charge in [0.1, 0.15) is 0 Å². The molecule has 0 saturated heterocycles. The Hall–Kier alpha value is -0.430. The highest BCUT2D eigenvalue weighted by Crippen LogP contribution is 2.38. The van der Waals surface area contributed by atoms with Crippen molar-refractivity contribution in [3.8, 4) is 0 Å². The zero-order valence-corrected chi connectivity index (χ0v) is 6.38. The first-order valence-electron chi connectivity index (χ1n) is 2.92. The first-order valence-corrected chi connectivity index (χ1v) is 2.92. The van der Waals surface area contributed by atoms with Crippen LogP contribution in [0.4, 0.5) is 22.0 Å². The monoisotopic (exact) mass is 193 g/mol. The first kappa shape index (κ1) is 11.6. The van der Waals surface area contributed by atoms with Crippen molar-refractivity contribution in [2.75, 3.05) is 14.2 Å². The molecule has 0 spiro atoms. The van der Waals surface area contributed by atoms with Crippen molar-refractivity contribution < 1.29 is 26.7 Å². The Morgan fingerprint density at radius 3 is 1.67 bits per heavy atom. The van der Waals surface area contributed by atoms with Crippen molar-refractivity contribution >= 4 is 0 Å². The molecule has 0 aromatic carbocycles. The lowest BCUT2D eigenvalue weighted by atomic mass is 10.3. The van der Waals surface area contributed by atoms with Crippen LogP contribution in [0.25, 0.3) is 0 Å². The molecule has 2 nitrogen and oxygen atoms in total. The van der Waals surface area contributed by atoms with Gasteiger partial charge in [0.25, 0.3) is 0 Å². The SMILES string of the molecule is CNC(OC)C(F)(F)C(F)(F)F. The summed E-state index contributed by atoms with van der Waals surface area (Å²) >= 11 is 0. The summed E-state index contributed by atoms with van der Waals surface area (Å²) in [5.74, 6) is -4.88. The van der Waals surface area contributed by atoms with E-state index in [1.165, 1.54) is 0 Å². The third-order valence-electron chi connectivity index (χ3n) is 1.21. The van der Waals surface area contributed by atoms with Crippen molar-refractivity contribution in [2.24, 2.45) is 0 Å². The smallest absolute Gasteiger partial charge is 0.360 e. The molecule has 0 bridgehead atoms. The molecule has 0 amide bonds. The van der Waals surface area contributed by atoms with Gasteiger partial charge < -0.3 is 4.74 Å². The number of alkyl halides is 5. The maximum atomic E-state index is 12.3. The number of halogens is 5. The molecular weight excluding hydrogens is 185 g/mol. The second-order valence-corrected chi connectivity index (χ2v) is 2.03. The van der Waals surface area contributed by atoms with Gasteiger partial charge in [-0.05, 0) is 7.05 Å². The Morgan fingerprint density at radius 2 is 1.58 bits per heavy atom. The highest BCUT2D eigenvalue weighted by Gasteiger charge is 2.62. The molecule has 0 aromatic rings. The fourth-order valence-electron chi connectivity index (χ4n) is 0.596. The lowest BCUT2D eigenvalue weighted by molar-refractivity contribution is -0.319. The third-order valence-corrected chi connectivity index (χ3v) is 1.21. The van der Waals surface area contributed by atoms with Gasteiger partial charge in [0.15, 0.2) is 6.23 Å². The Labute approximate surface area is 65.7 Å². The number of methoxy groups -OCH3 is 1. The van der Waals surface area contributed by atoms with Gasteiger partial charge in [0, 0.05) is 7.11 Å². The summed E-state index contributed by atoms with van der Waals surface area (Å²) in [7, 11) is 1.72. The lowest BCUT2D eigenvalue weighted by Crippen LogP contribution is -2.53. The maximum absolute atomic E-state index is 12.3. The summed E-state index contributed by atoms with van der Waals surface area (Å²) < 4.78 is 63.2. The predicted octanol–water partition coefficient (Wildman–Crippen LogP) is 1.38. The topological polar surface area (TPSA) is 21.3 Å². The maximum Gasteiger partial charge on any atom is 0.457 e. The first-order chi connectivity index (χ1) is 5.27. The molecule has 0 rings (SSSR count). The lowest BCUT2D eigenvalue weighted by Gasteiger charge is -2.26. The molecule has 0 radical (unpaired) electrons. The molecule has 12 heavy (non-hydrogen) atoms. The van der Waals surface area contributed by atoms with Crippen LogP contribution in [-0.2, 0) is 4.74 Å². The van der Waals surface area contributed by atoms with Crippen LogP contribution < -0.4 is 5.32 Å². The standard InChI is InChI=1S/C5H8F5NO/c1-11-3(12-2)4(6,7)5(8,9)10/h3,11H,1-2H3. The Morgan fingerprint density at radius 1 is 1.17 bits per heavy atom. The quantitative estimate of drug-likeness (QED) is 0.540. The van der Waals surface area contributed by atoms with Crippen LogP contribution in [0.15, 0.2) is 0 Å². The molecule has 1 unspecified atom stereocenters. The predicted molar refractivity (Wildman–Crippen MR) is 30.9 cm³/mol. The van der Waals surface area contributed by atoms with Crippen LogP contribution in [-0.4, -0.2) is 32.5 Å². The van der Waals surface area contributed by atoms with Gasteiger partial charge in [0.05, 0.1) is 0 Å². The fraction of sp³-hybridized carbons (Fsp3) is 1.00. The van der Waals surface area contributed by atoms with E-state index in [1.807, 2.05) is 0 Å². The molecule has 0 aliphatic heterocycles. The zero-order valence-electron chi connectivity index (χ0n) is 6.38. The fourth-order valence-corrected chi connectivity index (χ4v) is 0.596. The van der Waals surface area contributed by atoms with E-state index in [-0.39, 0.29) is 0 Å². The molecular formula is C5H8F5NO.